The fraction of sp³-hybridized carbons (Fsp3) is 0.767. The fourth-order valence-corrected chi connectivity index (χ4v) is 4.32. The highest BCUT2D eigenvalue weighted by molar-refractivity contribution is 5.68. The van der Waals surface area contributed by atoms with E-state index in [1.54, 1.807) is 12.1 Å². The largest absolute Gasteiger partial charge is 0.494 e. The molecule has 4 heteroatoms. The van der Waals surface area contributed by atoms with Crippen LogP contribution in [0.1, 0.15) is 135 Å². The molecule has 0 spiro atoms. The van der Waals surface area contributed by atoms with Crippen molar-refractivity contribution in [2.24, 2.45) is 0 Å². The maximum absolute atomic E-state index is 10.5. The molecule has 4 nitrogen and oxygen atoms in total. The van der Waals surface area contributed by atoms with E-state index < -0.39 is 5.97 Å². The van der Waals surface area contributed by atoms with Crippen LogP contribution in [0.2, 0.25) is 0 Å². The highest BCUT2D eigenvalue weighted by Crippen LogP contribution is 2.18. The van der Waals surface area contributed by atoms with Crippen LogP contribution in [-0.2, 0) is 4.79 Å². The monoisotopic (exact) mass is 476 g/mol. The van der Waals surface area contributed by atoms with Gasteiger partial charge in [0.2, 0.25) is 0 Å². The smallest absolute Gasteiger partial charge is 0.341 e. The zero-order chi connectivity index (χ0) is 24.5. The zero-order valence-corrected chi connectivity index (χ0v) is 22.0. The maximum atomic E-state index is 10.5. The summed E-state index contributed by atoms with van der Waals surface area (Å²) in [7, 11) is 0. The second-order valence-electron chi connectivity index (χ2n) is 9.72. The van der Waals surface area contributed by atoms with Crippen LogP contribution in [0.4, 0.5) is 0 Å². The van der Waals surface area contributed by atoms with Crippen LogP contribution in [0, 0.1) is 0 Å². The number of unbranched alkanes of at least 4 members (excludes halogenated alkanes) is 19. The average molecular weight is 477 g/mol. The summed E-state index contributed by atoms with van der Waals surface area (Å²) in [5, 5.41) is 8.62. The molecule has 0 aliphatic rings. The molecular weight excluding hydrogens is 424 g/mol. The van der Waals surface area contributed by atoms with E-state index >= 15 is 0 Å². The van der Waals surface area contributed by atoms with Crippen LogP contribution in [0.5, 0.6) is 11.5 Å². The van der Waals surface area contributed by atoms with Crippen LogP contribution in [0.3, 0.4) is 0 Å². The highest BCUT2D eigenvalue weighted by atomic mass is 16.5. The van der Waals surface area contributed by atoms with Gasteiger partial charge in [-0.25, -0.2) is 4.79 Å². The Morgan fingerprint density at radius 1 is 0.559 bits per heavy atom. The van der Waals surface area contributed by atoms with Gasteiger partial charge in [0, 0.05) is 0 Å². The van der Waals surface area contributed by atoms with Crippen molar-refractivity contribution in [2.75, 3.05) is 13.2 Å². The Labute approximate surface area is 209 Å². The molecule has 0 bridgehead atoms. The van der Waals surface area contributed by atoms with E-state index in [0.29, 0.717) is 5.75 Å². The molecule has 0 aliphatic heterocycles. The third-order valence-corrected chi connectivity index (χ3v) is 6.45. The number of carboxylic acid groups (broad SMARTS) is 1. The second-order valence-corrected chi connectivity index (χ2v) is 9.72. The Kier molecular flexibility index (Phi) is 20.6. The molecule has 0 radical (unpaired) electrons. The van der Waals surface area contributed by atoms with Gasteiger partial charge in [-0.05, 0) is 30.7 Å². The Hall–Kier alpha value is -1.71. The number of ether oxygens (including phenoxy) is 2. The average Bonchev–Trinajstić information content (AvgIpc) is 2.84. The summed E-state index contributed by atoms with van der Waals surface area (Å²) < 4.78 is 10.9. The van der Waals surface area contributed by atoms with Crippen molar-refractivity contribution in [1.29, 1.82) is 0 Å². The van der Waals surface area contributed by atoms with Gasteiger partial charge in [-0.3, -0.25) is 0 Å². The maximum Gasteiger partial charge on any atom is 0.341 e. The number of carboxylic acids is 1. The van der Waals surface area contributed by atoms with E-state index in [-0.39, 0.29) is 6.61 Å². The van der Waals surface area contributed by atoms with Gasteiger partial charge in [0.05, 0.1) is 6.61 Å². The lowest BCUT2D eigenvalue weighted by Gasteiger charge is -2.08. The summed E-state index contributed by atoms with van der Waals surface area (Å²) in [5.41, 5.74) is 0. The summed E-state index contributed by atoms with van der Waals surface area (Å²) in [6.07, 6.45) is 27.8. The Balaban J connectivity index is 1.76. The first-order chi connectivity index (χ1) is 16.7. The van der Waals surface area contributed by atoms with Crippen LogP contribution < -0.4 is 9.47 Å². The molecule has 196 valence electrons. The van der Waals surface area contributed by atoms with Crippen LogP contribution in [0.15, 0.2) is 24.3 Å². The van der Waals surface area contributed by atoms with E-state index in [1.165, 1.54) is 122 Å². The second kappa shape index (κ2) is 23.1. The zero-order valence-electron chi connectivity index (χ0n) is 22.0. The predicted molar refractivity (Wildman–Crippen MR) is 143 cm³/mol. The lowest BCUT2D eigenvalue weighted by atomic mass is 10.0. The molecule has 0 aromatic heterocycles. The van der Waals surface area contributed by atoms with Gasteiger partial charge in [0.15, 0.2) is 6.61 Å². The molecule has 0 fully saturated rings. The third kappa shape index (κ3) is 19.7. The van der Waals surface area contributed by atoms with E-state index in [1.807, 2.05) is 12.1 Å². The minimum atomic E-state index is -0.972. The summed E-state index contributed by atoms with van der Waals surface area (Å²) in [4.78, 5) is 10.5. The molecule has 1 N–H and O–H groups in total. The summed E-state index contributed by atoms with van der Waals surface area (Å²) in [6, 6.07) is 7.15. The van der Waals surface area contributed by atoms with E-state index in [9.17, 15) is 4.79 Å². The minimum Gasteiger partial charge on any atom is -0.494 e. The third-order valence-electron chi connectivity index (χ3n) is 6.45. The van der Waals surface area contributed by atoms with Crippen molar-refractivity contribution in [3.05, 3.63) is 24.3 Å². The van der Waals surface area contributed by atoms with Crippen molar-refractivity contribution < 1.29 is 19.4 Å². The minimum absolute atomic E-state index is 0.320. The molecule has 34 heavy (non-hydrogen) atoms. The Morgan fingerprint density at radius 3 is 1.24 bits per heavy atom. The van der Waals surface area contributed by atoms with Gasteiger partial charge in [0.25, 0.3) is 0 Å². The molecule has 0 amide bonds. The topological polar surface area (TPSA) is 55.8 Å². The number of aliphatic carboxylic acids is 1. The van der Waals surface area contributed by atoms with Crippen LogP contribution >= 0.6 is 0 Å². The van der Waals surface area contributed by atoms with Crippen molar-refractivity contribution in [1.82, 2.24) is 0 Å². The summed E-state index contributed by atoms with van der Waals surface area (Å²) in [5.74, 6) is 0.383. The molecule has 0 saturated heterocycles. The normalized spacial score (nSPS) is 11.0. The quantitative estimate of drug-likeness (QED) is 0.143. The number of hydrogen-bond acceptors (Lipinski definition) is 3. The molecule has 1 aromatic rings. The van der Waals surface area contributed by atoms with Crippen molar-refractivity contribution >= 4 is 5.97 Å². The van der Waals surface area contributed by atoms with Gasteiger partial charge in [0.1, 0.15) is 11.5 Å². The SMILES string of the molecule is CCCCCCCCCCCCCCCCCCCCCCOc1ccc(OCC(=O)O)cc1. The van der Waals surface area contributed by atoms with Crippen molar-refractivity contribution in [3.8, 4) is 11.5 Å². The Morgan fingerprint density at radius 2 is 0.882 bits per heavy atom. The predicted octanol–water partition coefficient (Wildman–Crippen LogP) is 9.35. The van der Waals surface area contributed by atoms with Crippen molar-refractivity contribution in [2.45, 2.75) is 135 Å². The van der Waals surface area contributed by atoms with Gasteiger partial charge in [-0.1, -0.05) is 129 Å². The highest BCUT2D eigenvalue weighted by Gasteiger charge is 2.00. The number of hydrogen-bond donors (Lipinski definition) is 1. The fourth-order valence-electron chi connectivity index (χ4n) is 4.32. The lowest BCUT2D eigenvalue weighted by molar-refractivity contribution is -0.139. The van der Waals surface area contributed by atoms with E-state index in [2.05, 4.69) is 6.92 Å². The lowest BCUT2D eigenvalue weighted by Crippen LogP contribution is -2.09. The van der Waals surface area contributed by atoms with Gasteiger partial charge in [-0.2, -0.15) is 0 Å². The molecule has 0 atom stereocenters. The van der Waals surface area contributed by atoms with Gasteiger partial charge in [-0.15, -0.1) is 0 Å². The first kappa shape index (κ1) is 30.3. The number of benzene rings is 1. The van der Waals surface area contributed by atoms with Gasteiger partial charge >= 0.3 is 5.97 Å². The van der Waals surface area contributed by atoms with Crippen molar-refractivity contribution in [3.63, 3.8) is 0 Å². The van der Waals surface area contributed by atoms with Crippen LogP contribution in [-0.4, -0.2) is 24.3 Å². The standard InChI is InChI=1S/C30H52O4/c1-2-3-4-5-6-7-8-9-10-11-12-13-14-15-16-17-18-19-20-21-26-33-28-22-24-29(25-23-28)34-27-30(31)32/h22-25H,2-21,26-27H2,1H3,(H,31,32). The first-order valence-electron chi connectivity index (χ1n) is 14.3. The van der Waals surface area contributed by atoms with Crippen LogP contribution in [0.25, 0.3) is 0 Å². The molecule has 0 unspecified atom stereocenters. The van der Waals surface area contributed by atoms with E-state index in [4.69, 9.17) is 14.6 Å². The molecule has 1 aromatic carbocycles. The number of carbonyl (C=O) groups is 1. The molecule has 0 saturated carbocycles. The molecule has 0 heterocycles. The first-order valence-corrected chi connectivity index (χ1v) is 14.3. The molecule has 1 rings (SSSR count). The molecular formula is C30H52O4. The molecule has 0 aliphatic carbocycles. The summed E-state index contributed by atoms with van der Waals surface area (Å²) in [6.45, 7) is 2.70. The van der Waals surface area contributed by atoms with E-state index in [0.717, 1.165) is 18.8 Å². The summed E-state index contributed by atoms with van der Waals surface area (Å²) >= 11 is 0. The number of rotatable bonds is 25. The Bertz CT molecular complexity index is 570. The van der Waals surface area contributed by atoms with Gasteiger partial charge < -0.3 is 14.6 Å².